The Balaban J connectivity index is 1.75. The molecule has 1 saturated heterocycles. The van der Waals surface area contributed by atoms with Crippen LogP contribution in [-0.4, -0.2) is 70.4 Å². The van der Waals surface area contributed by atoms with Gasteiger partial charge in [0.2, 0.25) is 5.91 Å². The summed E-state index contributed by atoms with van der Waals surface area (Å²) in [6, 6.07) is 0. The first-order chi connectivity index (χ1) is 14.5. The first-order valence-electron chi connectivity index (χ1n) is 10.7. The Bertz CT molecular complexity index is 957. The molecule has 2 amide bonds. The lowest BCUT2D eigenvalue weighted by Gasteiger charge is -2.26. The van der Waals surface area contributed by atoms with Gasteiger partial charge in [0.05, 0.1) is 16.6 Å². The molecule has 0 bridgehead atoms. The Kier molecular flexibility index (Phi) is 7.60. The van der Waals surface area contributed by atoms with Gasteiger partial charge in [0, 0.05) is 26.2 Å². The number of rotatable bonds is 8. The average molecular weight is 434 g/mol. The lowest BCUT2D eigenvalue weighted by molar-refractivity contribution is -0.132. The van der Waals surface area contributed by atoms with Gasteiger partial charge >= 0.3 is 0 Å². The summed E-state index contributed by atoms with van der Waals surface area (Å²) in [5, 5.41) is 3.37. The highest BCUT2D eigenvalue weighted by atomic mass is 32.1. The molecule has 9 heteroatoms. The highest BCUT2D eigenvalue weighted by Gasteiger charge is 2.21. The largest absolute Gasteiger partial charge is 0.350 e. The normalized spacial score (nSPS) is 14.5. The summed E-state index contributed by atoms with van der Waals surface area (Å²) in [4.78, 5) is 47.7. The number of hydrogen-bond donors (Lipinski definition) is 1. The van der Waals surface area contributed by atoms with Gasteiger partial charge in [-0.05, 0) is 44.8 Å². The third-order valence-electron chi connectivity index (χ3n) is 5.75. The van der Waals surface area contributed by atoms with Crippen molar-refractivity contribution in [3.63, 3.8) is 0 Å². The fraction of sp³-hybridized carbons (Fsp3) is 0.619. The van der Waals surface area contributed by atoms with E-state index in [1.54, 1.807) is 6.92 Å². The Morgan fingerprint density at radius 1 is 1.20 bits per heavy atom. The van der Waals surface area contributed by atoms with Crippen molar-refractivity contribution in [2.45, 2.75) is 46.6 Å². The molecule has 1 aliphatic rings. The van der Waals surface area contributed by atoms with Crippen molar-refractivity contribution in [3.05, 3.63) is 27.1 Å². The topological polar surface area (TPSA) is 87.5 Å². The first-order valence-corrected chi connectivity index (χ1v) is 11.5. The minimum atomic E-state index is -0.263. The molecular formula is C21H31N5O3S. The zero-order valence-electron chi connectivity index (χ0n) is 18.1. The van der Waals surface area contributed by atoms with Crippen LogP contribution >= 0.6 is 11.3 Å². The molecule has 30 heavy (non-hydrogen) atoms. The predicted molar refractivity (Wildman–Crippen MR) is 119 cm³/mol. The molecule has 2 aromatic heterocycles. The molecule has 0 spiro atoms. The lowest BCUT2D eigenvalue weighted by atomic mass is 10.1. The maximum Gasteiger partial charge on any atom is 0.262 e. The minimum absolute atomic E-state index is 0.0114. The third-order valence-corrected chi connectivity index (χ3v) is 6.94. The van der Waals surface area contributed by atoms with Gasteiger partial charge in [-0.2, -0.15) is 0 Å². The van der Waals surface area contributed by atoms with Crippen molar-refractivity contribution in [1.29, 1.82) is 0 Å². The van der Waals surface area contributed by atoms with Crippen LogP contribution in [0.15, 0.2) is 11.1 Å². The van der Waals surface area contributed by atoms with E-state index >= 15 is 0 Å². The van der Waals surface area contributed by atoms with Gasteiger partial charge in [-0.25, -0.2) is 4.98 Å². The summed E-state index contributed by atoms with van der Waals surface area (Å²) >= 11 is 1.23. The van der Waals surface area contributed by atoms with E-state index in [1.165, 1.54) is 22.2 Å². The molecule has 0 aliphatic carbocycles. The number of nitrogens with one attached hydrogen (secondary N) is 1. The predicted octanol–water partition coefficient (Wildman–Crippen LogP) is 1.85. The van der Waals surface area contributed by atoms with Gasteiger partial charge in [0.15, 0.2) is 0 Å². The monoisotopic (exact) mass is 433 g/mol. The van der Waals surface area contributed by atoms with Crippen LogP contribution < -0.4 is 10.9 Å². The summed E-state index contributed by atoms with van der Waals surface area (Å²) < 4.78 is 1.36. The number of likely N-dealkylation sites (N-methyl/N-ethyl adjacent to an activating group) is 1. The van der Waals surface area contributed by atoms with Crippen LogP contribution in [0.4, 0.5) is 0 Å². The van der Waals surface area contributed by atoms with Crippen LogP contribution in [0.5, 0.6) is 0 Å². The quantitative estimate of drug-likeness (QED) is 0.687. The molecule has 0 radical (unpaired) electrons. The molecule has 2 aromatic rings. The fourth-order valence-corrected chi connectivity index (χ4v) is 4.88. The van der Waals surface area contributed by atoms with Crippen LogP contribution in [0.3, 0.4) is 0 Å². The number of aromatic nitrogens is 2. The highest BCUT2D eigenvalue weighted by molar-refractivity contribution is 7.20. The molecule has 0 unspecified atom stereocenters. The van der Waals surface area contributed by atoms with Crippen molar-refractivity contribution in [3.8, 4) is 0 Å². The Hall–Kier alpha value is -2.26. The Labute approximate surface area is 180 Å². The van der Waals surface area contributed by atoms with Crippen molar-refractivity contribution in [2.75, 3.05) is 39.3 Å². The van der Waals surface area contributed by atoms with E-state index in [1.807, 2.05) is 4.90 Å². The van der Waals surface area contributed by atoms with Crippen molar-refractivity contribution in [1.82, 2.24) is 24.7 Å². The van der Waals surface area contributed by atoms with Crippen LogP contribution in [0, 0.1) is 6.92 Å². The second-order valence-corrected chi connectivity index (χ2v) is 8.64. The number of carbonyl (C=O) groups excluding carboxylic acids is 2. The van der Waals surface area contributed by atoms with E-state index < -0.39 is 0 Å². The zero-order chi connectivity index (χ0) is 21.7. The number of thiophene rings is 1. The second kappa shape index (κ2) is 10.2. The van der Waals surface area contributed by atoms with E-state index in [0.717, 1.165) is 52.0 Å². The van der Waals surface area contributed by atoms with Crippen LogP contribution in [0.1, 0.15) is 48.3 Å². The molecular weight excluding hydrogens is 402 g/mol. The lowest BCUT2D eigenvalue weighted by Crippen LogP contribution is -2.39. The number of amides is 2. The fourth-order valence-electron chi connectivity index (χ4n) is 3.83. The minimum Gasteiger partial charge on any atom is -0.350 e. The number of piperidine rings is 1. The number of fused-ring (bicyclic) bond motifs is 1. The Morgan fingerprint density at radius 2 is 1.90 bits per heavy atom. The SMILES string of the molecule is CCN(CC)CCNC(=O)c1sc2ncn(CC(=O)N3CCCCC3)c(=O)c2c1C. The van der Waals surface area contributed by atoms with Gasteiger partial charge in [0.1, 0.15) is 11.4 Å². The third kappa shape index (κ3) is 4.89. The van der Waals surface area contributed by atoms with E-state index in [9.17, 15) is 14.4 Å². The van der Waals surface area contributed by atoms with Gasteiger partial charge in [-0.15, -0.1) is 11.3 Å². The zero-order valence-corrected chi connectivity index (χ0v) is 18.9. The Morgan fingerprint density at radius 3 is 2.57 bits per heavy atom. The molecule has 8 nitrogen and oxygen atoms in total. The number of hydrogen-bond acceptors (Lipinski definition) is 6. The maximum absolute atomic E-state index is 13.0. The van der Waals surface area contributed by atoms with E-state index in [2.05, 4.69) is 29.0 Å². The van der Waals surface area contributed by atoms with Gasteiger partial charge in [-0.1, -0.05) is 13.8 Å². The van der Waals surface area contributed by atoms with Gasteiger partial charge in [0.25, 0.3) is 11.5 Å². The summed E-state index contributed by atoms with van der Waals surface area (Å²) in [5.41, 5.74) is 0.369. The van der Waals surface area contributed by atoms with E-state index in [0.29, 0.717) is 27.2 Å². The summed E-state index contributed by atoms with van der Waals surface area (Å²) in [7, 11) is 0. The van der Waals surface area contributed by atoms with Crippen molar-refractivity contribution < 1.29 is 9.59 Å². The molecule has 1 aliphatic heterocycles. The molecule has 164 valence electrons. The molecule has 0 saturated carbocycles. The van der Waals surface area contributed by atoms with E-state index in [-0.39, 0.29) is 23.9 Å². The first kappa shape index (κ1) is 22.4. The van der Waals surface area contributed by atoms with Crippen molar-refractivity contribution >= 4 is 33.4 Å². The maximum atomic E-state index is 13.0. The van der Waals surface area contributed by atoms with Crippen molar-refractivity contribution in [2.24, 2.45) is 0 Å². The second-order valence-electron chi connectivity index (χ2n) is 7.64. The van der Waals surface area contributed by atoms with Gasteiger partial charge < -0.3 is 15.1 Å². The molecule has 0 aromatic carbocycles. The summed E-state index contributed by atoms with van der Waals surface area (Å²) in [6.45, 7) is 10.7. The van der Waals surface area contributed by atoms with Crippen LogP contribution in [-0.2, 0) is 11.3 Å². The molecule has 1 N–H and O–H groups in total. The average Bonchev–Trinajstić information content (AvgIpc) is 3.11. The molecule has 3 heterocycles. The summed E-state index contributed by atoms with van der Waals surface area (Å²) in [6.07, 6.45) is 4.58. The molecule has 0 atom stereocenters. The smallest absolute Gasteiger partial charge is 0.262 e. The standard InChI is InChI=1S/C21H31N5O3S/c1-4-24(5-2)12-9-22-19(28)18-15(3)17-20(30-18)23-14-26(21(17)29)13-16(27)25-10-7-6-8-11-25/h14H,4-13H2,1-3H3,(H,22,28). The highest BCUT2D eigenvalue weighted by Crippen LogP contribution is 2.26. The number of likely N-dealkylation sites (tertiary alicyclic amines) is 1. The van der Waals surface area contributed by atoms with Crippen LogP contribution in [0.2, 0.25) is 0 Å². The number of carbonyl (C=O) groups is 2. The van der Waals surface area contributed by atoms with Crippen LogP contribution in [0.25, 0.3) is 10.2 Å². The number of aryl methyl sites for hydroxylation is 1. The van der Waals surface area contributed by atoms with E-state index in [4.69, 9.17) is 0 Å². The molecule has 1 fully saturated rings. The van der Waals surface area contributed by atoms with Gasteiger partial charge in [-0.3, -0.25) is 19.0 Å². The number of nitrogens with zero attached hydrogens (tertiary/aromatic N) is 4. The summed E-state index contributed by atoms with van der Waals surface area (Å²) in [5.74, 6) is -0.238. The molecule has 3 rings (SSSR count).